The van der Waals surface area contributed by atoms with Crippen molar-refractivity contribution in [2.45, 2.75) is 20.4 Å². The highest BCUT2D eigenvalue weighted by molar-refractivity contribution is 7.12. The van der Waals surface area contributed by atoms with Crippen molar-refractivity contribution in [3.8, 4) is 0 Å². The molecular formula is C11H12N2OS2. The zero-order valence-electron chi connectivity index (χ0n) is 9.11. The average Bonchev–Trinajstić information content (AvgIpc) is 2.84. The van der Waals surface area contributed by atoms with Gasteiger partial charge in [0, 0.05) is 9.75 Å². The Hall–Kier alpha value is -1.20. The van der Waals surface area contributed by atoms with E-state index in [9.17, 15) is 4.79 Å². The lowest BCUT2D eigenvalue weighted by molar-refractivity contribution is 0.0954. The first-order valence-electron chi connectivity index (χ1n) is 4.90. The molecule has 1 N–H and O–H groups in total. The van der Waals surface area contributed by atoms with Gasteiger partial charge in [-0.05, 0) is 26.0 Å². The normalized spacial score (nSPS) is 10.4. The molecule has 0 fully saturated rings. The number of nitrogens with one attached hydrogen (secondary N) is 1. The van der Waals surface area contributed by atoms with Crippen molar-refractivity contribution in [2.75, 3.05) is 0 Å². The molecule has 0 bridgehead atoms. The van der Waals surface area contributed by atoms with Crippen LogP contribution in [0.15, 0.2) is 17.6 Å². The van der Waals surface area contributed by atoms with Crippen LogP contribution < -0.4 is 5.32 Å². The SMILES string of the molecule is Cc1ccc(CNC(=O)c2scnc2C)s1. The highest BCUT2D eigenvalue weighted by Crippen LogP contribution is 2.16. The summed E-state index contributed by atoms with van der Waals surface area (Å²) in [5.41, 5.74) is 2.49. The van der Waals surface area contributed by atoms with Crippen LogP contribution in [0.5, 0.6) is 0 Å². The lowest BCUT2D eigenvalue weighted by atomic mass is 10.3. The molecule has 0 saturated heterocycles. The van der Waals surface area contributed by atoms with E-state index in [0.29, 0.717) is 11.4 Å². The van der Waals surface area contributed by atoms with Crippen LogP contribution >= 0.6 is 22.7 Å². The van der Waals surface area contributed by atoms with Crippen molar-refractivity contribution in [3.05, 3.63) is 38.0 Å². The second-order valence-electron chi connectivity index (χ2n) is 3.46. The highest BCUT2D eigenvalue weighted by atomic mass is 32.1. The number of rotatable bonds is 3. The first-order valence-corrected chi connectivity index (χ1v) is 6.60. The molecule has 2 heterocycles. The third-order valence-corrected chi connectivity index (χ3v) is 4.10. The minimum absolute atomic E-state index is 0.0361. The van der Waals surface area contributed by atoms with Gasteiger partial charge in [0.2, 0.25) is 0 Å². The van der Waals surface area contributed by atoms with Crippen molar-refractivity contribution in [1.82, 2.24) is 10.3 Å². The molecule has 5 heteroatoms. The lowest BCUT2D eigenvalue weighted by Crippen LogP contribution is -2.22. The van der Waals surface area contributed by atoms with Crippen LogP contribution in [0.4, 0.5) is 0 Å². The number of aromatic nitrogens is 1. The molecule has 0 unspecified atom stereocenters. The van der Waals surface area contributed by atoms with Crippen LogP contribution in [-0.4, -0.2) is 10.9 Å². The number of carbonyl (C=O) groups is 1. The van der Waals surface area contributed by atoms with Gasteiger partial charge in [0.05, 0.1) is 17.7 Å². The van der Waals surface area contributed by atoms with Crippen molar-refractivity contribution >= 4 is 28.6 Å². The summed E-state index contributed by atoms with van der Waals surface area (Å²) in [6.45, 7) is 4.50. The van der Waals surface area contributed by atoms with Gasteiger partial charge in [-0.2, -0.15) is 0 Å². The van der Waals surface area contributed by atoms with E-state index in [0.717, 1.165) is 5.69 Å². The monoisotopic (exact) mass is 252 g/mol. The predicted octanol–water partition coefficient (Wildman–Crippen LogP) is 2.75. The third kappa shape index (κ3) is 2.48. The second kappa shape index (κ2) is 4.76. The topological polar surface area (TPSA) is 42.0 Å². The van der Waals surface area contributed by atoms with E-state index in [1.165, 1.54) is 21.1 Å². The van der Waals surface area contributed by atoms with Crippen LogP contribution in [0.1, 0.15) is 25.1 Å². The summed E-state index contributed by atoms with van der Waals surface area (Å²) >= 11 is 3.08. The number of aryl methyl sites for hydroxylation is 2. The summed E-state index contributed by atoms with van der Waals surface area (Å²) in [6, 6.07) is 4.10. The maximum atomic E-state index is 11.8. The number of thiazole rings is 1. The highest BCUT2D eigenvalue weighted by Gasteiger charge is 2.11. The molecule has 0 aromatic carbocycles. The van der Waals surface area contributed by atoms with E-state index in [-0.39, 0.29) is 5.91 Å². The Morgan fingerprint density at radius 3 is 2.81 bits per heavy atom. The van der Waals surface area contributed by atoms with Gasteiger partial charge in [-0.3, -0.25) is 4.79 Å². The molecule has 16 heavy (non-hydrogen) atoms. The van der Waals surface area contributed by atoms with Crippen LogP contribution in [0, 0.1) is 13.8 Å². The van der Waals surface area contributed by atoms with Crippen LogP contribution in [0.3, 0.4) is 0 Å². The molecule has 0 spiro atoms. The molecule has 0 aliphatic carbocycles. The van der Waals surface area contributed by atoms with Crippen molar-refractivity contribution in [2.24, 2.45) is 0 Å². The zero-order valence-corrected chi connectivity index (χ0v) is 10.7. The summed E-state index contributed by atoms with van der Waals surface area (Å²) in [4.78, 5) is 19.0. The van der Waals surface area contributed by atoms with Gasteiger partial charge in [-0.1, -0.05) is 0 Å². The molecule has 1 amide bonds. The molecule has 3 nitrogen and oxygen atoms in total. The van der Waals surface area contributed by atoms with Crippen molar-refractivity contribution in [1.29, 1.82) is 0 Å². The first-order chi connectivity index (χ1) is 7.66. The van der Waals surface area contributed by atoms with Crippen molar-refractivity contribution < 1.29 is 4.79 Å². The number of nitrogens with zero attached hydrogens (tertiary/aromatic N) is 1. The number of hydrogen-bond acceptors (Lipinski definition) is 4. The molecule has 0 aliphatic heterocycles. The molecule has 0 saturated carbocycles. The fourth-order valence-electron chi connectivity index (χ4n) is 1.35. The standard InChI is InChI=1S/C11H12N2OS2/c1-7-3-4-9(16-7)5-12-11(14)10-8(2)13-6-15-10/h3-4,6H,5H2,1-2H3,(H,12,14). The Balaban J connectivity index is 1.96. The van der Waals surface area contributed by atoms with E-state index in [1.54, 1.807) is 16.8 Å². The fourth-order valence-corrected chi connectivity index (χ4v) is 2.90. The zero-order chi connectivity index (χ0) is 11.5. The molecule has 2 rings (SSSR count). The van der Waals surface area contributed by atoms with Gasteiger partial charge in [0.25, 0.3) is 5.91 Å². The Morgan fingerprint density at radius 1 is 1.44 bits per heavy atom. The largest absolute Gasteiger partial charge is 0.346 e. The molecule has 0 radical (unpaired) electrons. The minimum atomic E-state index is -0.0361. The van der Waals surface area contributed by atoms with Gasteiger partial charge in [0.15, 0.2) is 0 Å². The summed E-state index contributed by atoms with van der Waals surface area (Å²) in [7, 11) is 0. The molecule has 0 aliphatic rings. The summed E-state index contributed by atoms with van der Waals surface area (Å²) in [6.07, 6.45) is 0. The number of thiophene rings is 1. The average molecular weight is 252 g/mol. The maximum Gasteiger partial charge on any atom is 0.263 e. The van der Waals surface area contributed by atoms with Crippen molar-refractivity contribution in [3.63, 3.8) is 0 Å². The summed E-state index contributed by atoms with van der Waals surface area (Å²) < 4.78 is 0. The van der Waals surface area contributed by atoms with Gasteiger partial charge in [-0.15, -0.1) is 22.7 Å². The predicted molar refractivity (Wildman–Crippen MR) is 67.1 cm³/mol. The smallest absolute Gasteiger partial charge is 0.263 e. The third-order valence-electron chi connectivity index (χ3n) is 2.17. The van der Waals surface area contributed by atoms with Gasteiger partial charge < -0.3 is 5.32 Å². The summed E-state index contributed by atoms with van der Waals surface area (Å²) in [5.74, 6) is -0.0361. The second-order valence-corrected chi connectivity index (χ2v) is 5.69. The van der Waals surface area contributed by atoms with Gasteiger partial charge in [0.1, 0.15) is 4.88 Å². The maximum absolute atomic E-state index is 11.8. The first kappa shape index (κ1) is 11.3. The number of amides is 1. The lowest BCUT2D eigenvalue weighted by Gasteiger charge is -2.01. The molecule has 0 atom stereocenters. The fraction of sp³-hybridized carbons (Fsp3) is 0.273. The summed E-state index contributed by atoms with van der Waals surface area (Å²) in [5, 5.41) is 2.90. The van der Waals surface area contributed by atoms with E-state index < -0.39 is 0 Å². The number of carbonyl (C=O) groups excluding carboxylic acids is 1. The van der Waals surface area contributed by atoms with Crippen LogP contribution in [0.25, 0.3) is 0 Å². The van der Waals surface area contributed by atoms with Gasteiger partial charge >= 0.3 is 0 Å². The molecule has 2 aromatic heterocycles. The minimum Gasteiger partial charge on any atom is -0.346 e. The van der Waals surface area contributed by atoms with E-state index in [4.69, 9.17) is 0 Å². The van der Waals surface area contributed by atoms with E-state index >= 15 is 0 Å². The Bertz CT molecular complexity index is 502. The molecular weight excluding hydrogens is 240 g/mol. The Morgan fingerprint density at radius 2 is 2.25 bits per heavy atom. The van der Waals surface area contributed by atoms with Gasteiger partial charge in [-0.25, -0.2) is 4.98 Å². The number of hydrogen-bond donors (Lipinski definition) is 1. The van der Waals surface area contributed by atoms with Crippen LogP contribution in [-0.2, 0) is 6.54 Å². The van der Waals surface area contributed by atoms with E-state index in [1.807, 2.05) is 13.0 Å². The Labute approximate surface area is 102 Å². The molecule has 84 valence electrons. The molecule has 2 aromatic rings. The quantitative estimate of drug-likeness (QED) is 0.912. The Kier molecular flexibility index (Phi) is 3.36. The van der Waals surface area contributed by atoms with Crippen LogP contribution in [0.2, 0.25) is 0 Å². The van der Waals surface area contributed by atoms with E-state index in [2.05, 4.69) is 23.3 Å².